The molecule has 6 nitrogen and oxygen atoms in total. The summed E-state index contributed by atoms with van der Waals surface area (Å²) in [4.78, 5) is 27.5. The summed E-state index contributed by atoms with van der Waals surface area (Å²) in [5.41, 5.74) is 2.89. The summed E-state index contributed by atoms with van der Waals surface area (Å²) in [5, 5.41) is 2.64. The van der Waals surface area contributed by atoms with Gasteiger partial charge in [0, 0.05) is 24.4 Å². The maximum absolute atomic E-state index is 12.8. The van der Waals surface area contributed by atoms with Gasteiger partial charge >= 0.3 is 0 Å². The maximum Gasteiger partial charge on any atom is 0.237 e. The van der Waals surface area contributed by atoms with Gasteiger partial charge in [-0.3, -0.25) is 9.59 Å². The lowest BCUT2D eigenvalue weighted by Gasteiger charge is -2.29. The number of nitrogens with one attached hydrogen (secondary N) is 1. The zero-order valence-electron chi connectivity index (χ0n) is 16.8. The third kappa shape index (κ3) is 4.25. The number of hydrogen-bond donors (Lipinski definition) is 1. The van der Waals surface area contributed by atoms with Gasteiger partial charge < -0.3 is 10.2 Å². The van der Waals surface area contributed by atoms with E-state index in [0.29, 0.717) is 25.2 Å². The van der Waals surface area contributed by atoms with Crippen molar-refractivity contribution in [2.45, 2.75) is 47.8 Å². The number of anilines is 1. The lowest BCUT2D eigenvalue weighted by Crippen LogP contribution is -2.36. The molecule has 1 N–H and O–H groups in total. The van der Waals surface area contributed by atoms with E-state index < -0.39 is 9.84 Å². The van der Waals surface area contributed by atoms with Crippen molar-refractivity contribution >= 4 is 39.1 Å². The smallest absolute Gasteiger partial charge is 0.237 e. The van der Waals surface area contributed by atoms with Gasteiger partial charge in [0.25, 0.3) is 0 Å². The monoisotopic (exact) mass is 444 g/mol. The second kappa shape index (κ2) is 8.43. The van der Waals surface area contributed by atoms with Crippen LogP contribution in [-0.4, -0.2) is 42.7 Å². The van der Waals surface area contributed by atoms with E-state index in [-0.39, 0.29) is 34.1 Å². The molecule has 1 atom stereocenters. The molecule has 0 aliphatic carbocycles. The van der Waals surface area contributed by atoms with E-state index in [1.165, 1.54) is 23.4 Å². The number of carbonyl (C=O) groups excluding carboxylic acids is 2. The fraction of sp³-hybridized carbons (Fsp3) is 0.364. The van der Waals surface area contributed by atoms with Gasteiger partial charge in [-0.25, -0.2) is 8.42 Å². The second-order valence-corrected chi connectivity index (χ2v) is 10.9. The van der Waals surface area contributed by atoms with Crippen LogP contribution < -0.4 is 5.32 Å². The molecule has 2 aromatic rings. The molecule has 2 aromatic carbocycles. The Bertz CT molecular complexity index is 1100. The molecule has 1 unspecified atom stereocenters. The Morgan fingerprint density at radius 2 is 1.97 bits per heavy atom. The molecule has 0 saturated heterocycles. The van der Waals surface area contributed by atoms with E-state index in [1.54, 1.807) is 17.0 Å². The summed E-state index contributed by atoms with van der Waals surface area (Å²) in [6, 6.07) is 12.8. The molecule has 0 spiro atoms. The summed E-state index contributed by atoms with van der Waals surface area (Å²) in [6.45, 7) is 3.07. The fourth-order valence-electron chi connectivity index (χ4n) is 3.80. The summed E-state index contributed by atoms with van der Waals surface area (Å²) in [6.07, 6.45) is 1.44. The normalized spacial score (nSPS) is 18.4. The SMILES string of the molecule is CCC1Sc2ccc(S(=O)(=O)CCC(=O)N3CCc4ccccc4C3)cc2NC1=O. The highest BCUT2D eigenvalue weighted by molar-refractivity contribution is 8.01. The molecule has 0 radical (unpaired) electrons. The fourth-order valence-corrected chi connectivity index (χ4v) is 6.07. The van der Waals surface area contributed by atoms with Crippen LogP contribution in [0.2, 0.25) is 0 Å². The number of sulfone groups is 1. The standard InChI is InChI=1S/C22H24N2O4S2/c1-2-19-22(26)23-18-13-17(7-8-20(18)29-19)30(27,28)12-10-21(25)24-11-9-15-5-3-4-6-16(15)14-24/h3-8,13,19H,2,9-12,14H2,1H3,(H,23,26). The van der Waals surface area contributed by atoms with Gasteiger partial charge in [-0.15, -0.1) is 11.8 Å². The van der Waals surface area contributed by atoms with Gasteiger partial charge in [0.2, 0.25) is 11.8 Å². The Balaban J connectivity index is 1.42. The van der Waals surface area contributed by atoms with Gasteiger partial charge in [-0.2, -0.15) is 0 Å². The largest absolute Gasteiger partial charge is 0.338 e. The van der Waals surface area contributed by atoms with E-state index in [4.69, 9.17) is 0 Å². The zero-order chi connectivity index (χ0) is 21.3. The van der Waals surface area contributed by atoms with Crippen molar-refractivity contribution in [3.63, 3.8) is 0 Å². The lowest BCUT2D eigenvalue weighted by molar-refractivity contribution is -0.131. The van der Waals surface area contributed by atoms with Crippen molar-refractivity contribution < 1.29 is 18.0 Å². The van der Waals surface area contributed by atoms with Crippen LogP contribution in [0, 0.1) is 0 Å². The Labute approximate surface area is 181 Å². The van der Waals surface area contributed by atoms with Crippen LogP contribution >= 0.6 is 11.8 Å². The van der Waals surface area contributed by atoms with Gasteiger partial charge in [0.05, 0.1) is 21.6 Å². The van der Waals surface area contributed by atoms with Crippen LogP contribution in [0.1, 0.15) is 30.9 Å². The minimum absolute atomic E-state index is 0.0550. The minimum atomic E-state index is -3.63. The van der Waals surface area contributed by atoms with Crippen LogP contribution in [0.3, 0.4) is 0 Å². The van der Waals surface area contributed by atoms with Crippen molar-refractivity contribution in [1.82, 2.24) is 4.90 Å². The van der Waals surface area contributed by atoms with E-state index in [1.807, 2.05) is 25.1 Å². The molecule has 4 rings (SSSR count). The van der Waals surface area contributed by atoms with Crippen LogP contribution in [0.5, 0.6) is 0 Å². The Morgan fingerprint density at radius 3 is 2.73 bits per heavy atom. The quantitative estimate of drug-likeness (QED) is 0.765. The second-order valence-electron chi connectivity index (χ2n) is 7.56. The van der Waals surface area contributed by atoms with Crippen LogP contribution in [0.15, 0.2) is 52.3 Å². The van der Waals surface area contributed by atoms with Crippen molar-refractivity contribution in [3.8, 4) is 0 Å². The van der Waals surface area contributed by atoms with Crippen molar-refractivity contribution in [3.05, 3.63) is 53.6 Å². The first-order valence-corrected chi connectivity index (χ1v) is 12.6. The predicted molar refractivity (Wildman–Crippen MR) is 117 cm³/mol. The van der Waals surface area contributed by atoms with Crippen molar-refractivity contribution in [2.75, 3.05) is 17.6 Å². The van der Waals surface area contributed by atoms with Gasteiger partial charge in [0.15, 0.2) is 9.84 Å². The molecule has 2 amide bonds. The molecule has 0 aromatic heterocycles. The first-order valence-electron chi connectivity index (χ1n) is 10.1. The molecular formula is C22H24N2O4S2. The number of fused-ring (bicyclic) bond motifs is 2. The Morgan fingerprint density at radius 1 is 1.20 bits per heavy atom. The van der Waals surface area contributed by atoms with E-state index >= 15 is 0 Å². The van der Waals surface area contributed by atoms with Gasteiger partial charge in [-0.05, 0) is 42.2 Å². The average molecular weight is 445 g/mol. The number of carbonyl (C=O) groups is 2. The van der Waals surface area contributed by atoms with E-state index in [0.717, 1.165) is 16.9 Å². The third-order valence-electron chi connectivity index (χ3n) is 5.57. The summed E-state index contributed by atoms with van der Waals surface area (Å²) >= 11 is 1.45. The molecule has 0 bridgehead atoms. The van der Waals surface area contributed by atoms with Gasteiger partial charge in [0.1, 0.15) is 0 Å². The van der Waals surface area contributed by atoms with Crippen LogP contribution in [-0.2, 0) is 32.4 Å². The average Bonchev–Trinajstić information content (AvgIpc) is 2.76. The minimum Gasteiger partial charge on any atom is -0.338 e. The van der Waals surface area contributed by atoms with Crippen molar-refractivity contribution in [2.24, 2.45) is 0 Å². The third-order valence-corrected chi connectivity index (χ3v) is 8.72. The molecule has 2 aliphatic heterocycles. The molecule has 0 saturated carbocycles. The van der Waals surface area contributed by atoms with E-state index in [9.17, 15) is 18.0 Å². The van der Waals surface area contributed by atoms with Crippen LogP contribution in [0.4, 0.5) is 5.69 Å². The maximum atomic E-state index is 12.8. The summed E-state index contributed by atoms with van der Waals surface area (Å²) < 4.78 is 25.6. The predicted octanol–water partition coefficient (Wildman–Crippen LogP) is 3.26. The highest BCUT2D eigenvalue weighted by Gasteiger charge is 2.28. The number of amides is 2. The Kier molecular flexibility index (Phi) is 5.88. The van der Waals surface area contributed by atoms with Crippen LogP contribution in [0.25, 0.3) is 0 Å². The highest BCUT2D eigenvalue weighted by Crippen LogP contribution is 2.38. The molecule has 2 heterocycles. The number of hydrogen-bond acceptors (Lipinski definition) is 5. The first-order chi connectivity index (χ1) is 14.4. The summed E-state index contributed by atoms with van der Waals surface area (Å²) in [5.74, 6) is -0.507. The number of benzene rings is 2. The number of thioether (sulfide) groups is 1. The molecule has 2 aliphatic rings. The number of rotatable bonds is 5. The first kappa shape index (κ1) is 20.9. The molecule has 0 fully saturated rings. The topological polar surface area (TPSA) is 83.6 Å². The Hall–Kier alpha value is -2.32. The van der Waals surface area contributed by atoms with Gasteiger partial charge in [-0.1, -0.05) is 31.2 Å². The number of nitrogens with zero attached hydrogens (tertiary/aromatic N) is 1. The highest BCUT2D eigenvalue weighted by atomic mass is 32.2. The molecular weight excluding hydrogens is 420 g/mol. The molecule has 30 heavy (non-hydrogen) atoms. The lowest BCUT2D eigenvalue weighted by atomic mass is 10.00. The van der Waals surface area contributed by atoms with Crippen molar-refractivity contribution in [1.29, 1.82) is 0 Å². The zero-order valence-corrected chi connectivity index (χ0v) is 18.4. The van der Waals surface area contributed by atoms with E-state index in [2.05, 4.69) is 11.4 Å². The molecule has 8 heteroatoms. The summed E-state index contributed by atoms with van der Waals surface area (Å²) in [7, 11) is -3.63. The molecule has 158 valence electrons.